The van der Waals surface area contributed by atoms with E-state index in [2.05, 4.69) is 0 Å². The molecular formula is C8H14F4O2. The van der Waals surface area contributed by atoms with E-state index in [1.165, 1.54) is 0 Å². The maximum atomic E-state index is 12.8. The van der Waals surface area contributed by atoms with Crippen molar-refractivity contribution in [3.63, 3.8) is 0 Å². The Kier molecular flexibility index (Phi) is 5.36. The quantitative estimate of drug-likeness (QED) is 0.640. The van der Waals surface area contributed by atoms with E-state index < -0.39 is 37.9 Å². The standard InChI is InChI=1S/C8H14F4O2/c9-7(10,3-1-5-13)8(11,12)4-2-6-14/h13-14H,1-6H2. The average Bonchev–Trinajstić information content (AvgIpc) is 2.11. The van der Waals surface area contributed by atoms with E-state index in [0.717, 1.165) is 0 Å². The maximum absolute atomic E-state index is 12.8. The predicted octanol–water partition coefficient (Wildman–Crippen LogP) is 1.80. The van der Waals surface area contributed by atoms with Crippen molar-refractivity contribution in [1.82, 2.24) is 0 Å². The second-order valence-corrected chi connectivity index (χ2v) is 3.06. The normalized spacial score (nSPS) is 13.3. The summed E-state index contributed by atoms with van der Waals surface area (Å²) < 4.78 is 51.1. The Hall–Kier alpha value is -0.360. The Morgan fingerprint density at radius 3 is 1.21 bits per heavy atom. The Balaban J connectivity index is 4.20. The van der Waals surface area contributed by atoms with Crippen LogP contribution in [0.15, 0.2) is 0 Å². The molecule has 0 atom stereocenters. The Morgan fingerprint density at radius 1 is 0.714 bits per heavy atom. The van der Waals surface area contributed by atoms with Gasteiger partial charge in [-0.3, -0.25) is 0 Å². The number of alkyl halides is 4. The van der Waals surface area contributed by atoms with Crippen molar-refractivity contribution in [2.45, 2.75) is 37.5 Å². The second kappa shape index (κ2) is 5.50. The molecule has 0 aromatic heterocycles. The van der Waals surface area contributed by atoms with Crippen molar-refractivity contribution in [1.29, 1.82) is 0 Å². The van der Waals surface area contributed by atoms with Gasteiger partial charge in [-0.2, -0.15) is 17.6 Å². The van der Waals surface area contributed by atoms with E-state index in [4.69, 9.17) is 10.2 Å². The summed E-state index contributed by atoms with van der Waals surface area (Å²) in [5.74, 6) is -8.21. The number of rotatable bonds is 7. The first-order valence-corrected chi connectivity index (χ1v) is 4.35. The van der Waals surface area contributed by atoms with Crippen molar-refractivity contribution >= 4 is 0 Å². The zero-order chi connectivity index (χ0) is 11.2. The van der Waals surface area contributed by atoms with Crippen LogP contribution in [-0.4, -0.2) is 35.3 Å². The monoisotopic (exact) mass is 218 g/mol. The highest BCUT2D eigenvalue weighted by atomic mass is 19.3. The SMILES string of the molecule is OCCCC(F)(F)C(F)(F)CCCO. The molecule has 2 N–H and O–H groups in total. The summed E-state index contributed by atoms with van der Waals surface area (Å²) in [6.45, 7) is -1.07. The molecule has 0 heterocycles. The number of hydrogen-bond acceptors (Lipinski definition) is 2. The van der Waals surface area contributed by atoms with Crippen molar-refractivity contribution in [3.05, 3.63) is 0 Å². The third-order valence-corrected chi connectivity index (χ3v) is 1.83. The van der Waals surface area contributed by atoms with Gasteiger partial charge in [-0.05, 0) is 12.8 Å². The zero-order valence-corrected chi connectivity index (χ0v) is 7.65. The van der Waals surface area contributed by atoms with E-state index in [1.807, 2.05) is 0 Å². The average molecular weight is 218 g/mol. The lowest BCUT2D eigenvalue weighted by molar-refractivity contribution is -0.217. The summed E-state index contributed by atoms with van der Waals surface area (Å²) in [4.78, 5) is 0. The van der Waals surface area contributed by atoms with Gasteiger partial charge in [0.05, 0.1) is 0 Å². The lowest BCUT2D eigenvalue weighted by atomic mass is 10.0. The molecule has 0 unspecified atom stereocenters. The number of aliphatic hydroxyl groups excluding tert-OH is 2. The zero-order valence-electron chi connectivity index (χ0n) is 7.65. The van der Waals surface area contributed by atoms with Crippen LogP contribution in [0.5, 0.6) is 0 Å². The van der Waals surface area contributed by atoms with Crippen LogP contribution in [0, 0.1) is 0 Å². The Labute approximate surface area is 79.5 Å². The summed E-state index contributed by atoms with van der Waals surface area (Å²) in [7, 11) is 0. The molecule has 0 saturated heterocycles. The van der Waals surface area contributed by atoms with Crippen molar-refractivity contribution < 1.29 is 27.8 Å². The van der Waals surface area contributed by atoms with Crippen LogP contribution < -0.4 is 0 Å². The maximum Gasteiger partial charge on any atom is 0.310 e. The largest absolute Gasteiger partial charge is 0.396 e. The molecule has 0 aliphatic heterocycles. The fraction of sp³-hybridized carbons (Fsp3) is 1.00. The molecule has 0 saturated carbocycles. The first-order chi connectivity index (χ1) is 6.37. The molecule has 0 amide bonds. The molecule has 86 valence electrons. The smallest absolute Gasteiger partial charge is 0.310 e. The van der Waals surface area contributed by atoms with Crippen molar-refractivity contribution in [3.8, 4) is 0 Å². The molecular weight excluding hydrogens is 204 g/mol. The molecule has 0 radical (unpaired) electrons. The van der Waals surface area contributed by atoms with Crippen LogP contribution in [0.25, 0.3) is 0 Å². The van der Waals surface area contributed by atoms with Gasteiger partial charge < -0.3 is 10.2 Å². The van der Waals surface area contributed by atoms with Gasteiger partial charge in [-0.1, -0.05) is 0 Å². The van der Waals surface area contributed by atoms with Crippen molar-refractivity contribution in [2.24, 2.45) is 0 Å². The topological polar surface area (TPSA) is 40.5 Å². The summed E-state index contributed by atoms with van der Waals surface area (Å²) in [5.41, 5.74) is 0. The van der Waals surface area contributed by atoms with Crippen LogP contribution in [0.1, 0.15) is 25.7 Å². The minimum atomic E-state index is -4.11. The molecule has 0 aliphatic carbocycles. The number of aliphatic hydroxyl groups is 2. The molecule has 0 rings (SSSR count). The highest BCUT2D eigenvalue weighted by Gasteiger charge is 2.54. The van der Waals surface area contributed by atoms with Crippen LogP contribution in [0.4, 0.5) is 17.6 Å². The number of hydrogen-bond donors (Lipinski definition) is 2. The van der Waals surface area contributed by atoms with E-state index in [9.17, 15) is 17.6 Å². The molecule has 0 aliphatic rings. The highest BCUT2D eigenvalue weighted by Crippen LogP contribution is 2.40. The third-order valence-electron chi connectivity index (χ3n) is 1.83. The minimum Gasteiger partial charge on any atom is -0.396 e. The van der Waals surface area contributed by atoms with Crippen LogP contribution >= 0.6 is 0 Å². The summed E-state index contributed by atoms with van der Waals surface area (Å²) in [5, 5.41) is 16.5. The van der Waals surface area contributed by atoms with Gasteiger partial charge in [0.1, 0.15) is 0 Å². The third kappa shape index (κ3) is 3.79. The van der Waals surface area contributed by atoms with E-state index in [-0.39, 0.29) is 12.8 Å². The Bertz CT molecular complexity index is 143. The van der Waals surface area contributed by atoms with Crippen LogP contribution in [-0.2, 0) is 0 Å². The molecule has 0 bridgehead atoms. The second-order valence-electron chi connectivity index (χ2n) is 3.06. The minimum absolute atomic E-state index is 0.359. The molecule has 0 aromatic carbocycles. The first-order valence-electron chi connectivity index (χ1n) is 4.35. The Morgan fingerprint density at radius 2 is 1.00 bits per heavy atom. The van der Waals surface area contributed by atoms with Crippen LogP contribution in [0.3, 0.4) is 0 Å². The molecule has 2 nitrogen and oxygen atoms in total. The summed E-state index contributed by atoms with van der Waals surface area (Å²) >= 11 is 0. The van der Waals surface area contributed by atoms with Gasteiger partial charge in [0.15, 0.2) is 0 Å². The van der Waals surface area contributed by atoms with E-state index in [0.29, 0.717) is 0 Å². The van der Waals surface area contributed by atoms with Crippen molar-refractivity contribution in [2.75, 3.05) is 13.2 Å². The predicted molar refractivity (Wildman–Crippen MR) is 42.5 cm³/mol. The lowest BCUT2D eigenvalue weighted by Gasteiger charge is -2.26. The van der Waals surface area contributed by atoms with Gasteiger partial charge in [0.2, 0.25) is 0 Å². The van der Waals surface area contributed by atoms with Gasteiger partial charge in [-0.25, -0.2) is 0 Å². The molecule has 6 heteroatoms. The molecule has 14 heavy (non-hydrogen) atoms. The lowest BCUT2D eigenvalue weighted by Crippen LogP contribution is -2.40. The summed E-state index contributed by atoms with van der Waals surface area (Å²) in [6.07, 6.45) is -2.80. The fourth-order valence-electron chi connectivity index (χ4n) is 0.968. The molecule has 0 fully saturated rings. The molecule has 0 spiro atoms. The van der Waals surface area contributed by atoms with Gasteiger partial charge >= 0.3 is 11.8 Å². The van der Waals surface area contributed by atoms with Gasteiger partial charge in [0, 0.05) is 26.1 Å². The van der Waals surface area contributed by atoms with Gasteiger partial charge in [0.25, 0.3) is 0 Å². The fourth-order valence-corrected chi connectivity index (χ4v) is 0.968. The number of halogens is 4. The highest BCUT2D eigenvalue weighted by molar-refractivity contribution is 4.84. The molecule has 0 aromatic rings. The summed E-state index contributed by atoms with van der Waals surface area (Å²) in [6, 6.07) is 0. The first kappa shape index (κ1) is 13.6. The van der Waals surface area contributed by atoms with E-state index in [1.54, 1.807) is 0 Å². The van der Waals surface area contributed by atoms with Gasteiger partial charge in [-0.15, -0.1) is 0 Å². The van der Waals surface area contributed by atoms with Crippen LogP contribution in [0.2, 0.25) is 0 Å². The van der Waals surface area contributed by atoms with E-state index >= 15 is 0 Å².